The maximum atomic E-state index is 11.9. The molecule has 0 heterocycles. The Hall–Kier alpha value is -3.02. The van der Waals surface area contributed by atoms with Gasteiger partial charge in [0.25, 0.3) is 5.79 Å². The van der Waals surface area contributed by atoms with Crippen molar-refractivity contribution in [2.24, 2.45) is 0 Å². The second-order valence-corrected chi connectivity index (χ2v) is 6.08. The second-order valence-electron chi connectivity index (χ2n) is 6.08. The quantitative estimate of drug-likeness (QED) is 0.424. The van der Waals surface area contributed by atoms with Gasteiger partial charge in [0.1, 0.15) is 24.4 Å². The van der Waals surface area contributed by atoms with Crippen molar-refractivity contribution in [1.82, 2.24) is 0 Å². The van der Waals surface area contributed by atoms with Crippen molar-refractivity contribution in [2.75, 3.05) is 0 Å². The number of benzene rings is 1. The highest BCUT2D eigenvalue weighted by atomic mass is 16.7. The van der Waals surface area contributed by atoms with Crippen LogP contribution < -0.4 is 0 Å². The SMILES string of the molecule is CC(=O)CC(=O)OC1(OC(=O)CC(C)=O)C=CC(c2ccccc2)=CC1. The van der Waals surface area contributed by atoms with Crippen molar-refractivity contribution in [3.05, 3.63) is 54.1 Å². The van der Waals surface area contributed by atoms with Crippen molar-refractivity contribution < 1.29 is 28.7 Å². The highest BCUT2D eigenvalue weighted by Crippen LogP contribution is 2.31. The van der Waals surface area contributed by atoms with Crippen LogP contribution in [0.2, 0.25) is 0 Å². The molecule has 2 rings (SSSR count). The maximum absolute atomic E-state index is 11.9. The van der Waals surface area contributed by atoms with E-state index in [4.69, 9.17) is 9.47 Å². The number of ether oxygens (including phenoxy) is 2. The maximum Gasteiger partial charge on any atom is 0.316 e. The summed E-state index contributed by atoms with van der Waals surface area (Å²) in [5.74, 6) is -3.97. The fraction of sp³-hybridized carbons (Fsp3) is 0.300. The van der Waals surface area contributed by atoms with Gasteiger partial charge in [-0.25, -0.2) is 0 Å². The van der Waals surface area contributed by atoms with E-state index >= 15 is 0 Å². The van der Waals surface area contributed by atoms with E-state index in [1.54, 1.807) is 12.2 Å². The summed E-state index contributed by atoms with van der Waals surface area (Å²) < 4.78 is 10.6. The van der Waals surface area contributed by atoms with Crippen LogP contribution in [0.3, 0.4) is 0 Å². The Bertz CT molecular complexity index is 743. The normalized spacial score (nSPS) is 14.9. The first-order chi connectivity index (χ1) is 12.3. The van der Waals surface area contributed by atoms with E-state index in [9.17, 15) is 19.2 Å². The van der Waals surface area contributed by atoms with Gasteiger partial charge in [-0.1, -0.05) is 42.5 Å². The molecule has 6 nitrogen and oxygen atoms in total. The highest BCUT2D eigenvalue weighted by molar-refractivity contribution is 5.95. The van der Waals surface area contributed by atoms with E-state index < -0.39 is 30.6 Å². The Kier molecular flexibility index (Phi) is 6.22. The largest absolute Gasteiger partial charge is 0.418 e. The molecule has 0 unspecified atom stereocenters. The number of rotatable bonds is 7. The molecule has 0 N–H and O–H groups in total. The Balaban J connectivity index is 2.20. The molecule has 0 saturated carbocycles. The molecule has 0 fully saturated rings. The lowest BCUT2D eigenvalue weighted by molar-refractivity contribution is -0.210. The van der Waals surface area contributed by atoms with Crippen molar-refractivity contribution in [1.29, 1.82) is 0 Å². The predicted molar refractivity (Wildman–Crippen MR) is 93.7 cm³/mol. The lowest BCUT2D eigenvalue weighted by atomic mass is 9.96. The topological polar surface area (TPSA) is 86.7 Å². The number of Topliss-reactive ketones (excluding diaryl/α,β-unsaturated/α-hetero) is 2. The molecule has 26 heavy (non-hydrogen) atoms. The molecule has 0 radical (unpaired) electrons. The highest BCUT2D eigenvalue weighted by Gasteiger charge is 2.37. The molecule has 0 amide bonds. The summed E-state index contributed by atoms with van der Waals surface area (Å²) in [7, 11) is 0. The number of esters is 2. The number of allylic oxidation sites excluding steroid dienone is 2. The minimum Gasteiger partial charge on any atom is -0.418 e. The summed E-state index contributed by atoms with van der Waals surface area (Å²) in [5, 5.41) is 0. The molecule has 0 saturated heterocycles. The van der Waals surface area contributed by atoms with Crippen molar-refractivity contribution in [3.63, 3.8) is 0 Å². The van der Waals surface area contributed by atoms with Gasteiger partial charge in [0.2, 0.25) is 0 Å². The van der Waals surface area contributed by atoms with Crippen LogP contribution >= 0.6 is 0 Å². The Morgan fingerprint density at radius 1 is 0.923 bits per heavy atom. The Morgan fingerprint density at radius 3 is 1.88 bits per heavy atom. The van der Waals surface area contributed by atoms with Gasteiger partial charge >= 0.3 is 11.9 Å². The van der Waals surface area contributed by atoms with Gasteiger partial charge in [-0.2, -0.15) is 0 Å². The zero-order valence-corrected chi connectivity index (χ0v) is 14.7. The zero-order valence-electron chi connectivity index (χ0n) is 14.7. The molecule has 136 valence electrons. The zero-order chi connectivity index (χ0) is 19.2. The van der Waals surface area contributed by atoms with Gasteiger partial charge in [0.15, 0.2) is 0 Å². The van der Waals surface area contributed by atoms with Crippen LogP contribution in [0.15, 0.2) is 48.6 Å². The average molecular weight is 356 g/mol. The van der Waals surface area contributed by atoms with E-state index in [0.29, 0.717) is 0 Å². The van der Waals surface area contributed by atoms with Crippen LogP contribution in [-0.2, 0) is 28.7 Å². The van der Waals surface area contributed by atoms with Crippen molar-refractivity contribution in [3.8, 4) is 0 Å². The van der Waals surface area contributed by atoms with E-state index in [2.05, 4.69) is 0 Å². The van der Waals surface area contributed by atoms with Gasteiger partial charge in [-0.15, -0.1) is 0 Å². The van der Waals surface area contributed by atoms with Crippen LogP contribution in [0.4, 0.5) is 0 Å². The molecule has 0 aliphatic heterocycles. The molecule has 6 heteroatoms. The third kappa shape index (κ3) is 5.51. The predicted octanol–water partition coefficient (Wildman–Crippen LogP) is 2.77. The van der Waals surface area contributed by atoms with Gasteiger partial charge in [-0.05, 0) is 25.0 Å². The Labute approximate surface area is 151 Å². The third-order valence-electron chi connectivity index (χ3n) is 3.59. The molecule has 1 aliphatic rings. The molecule has 0 aromatic heterocycles. The summed E-state index contributed by atoms with van der Waals surface area (Å²) in [6.45, 7) is 2.53. The Morgan fingerprint density at radius 2 is 1.46 bits per heavy atom. The first kappa shape index (κ1) is 19.3. The molecule has 0 spiro atoms. The van der Waals surface area contributed by atoms with Crippen LogP contribution in [0.5, 0.6) is 0 Å². The number of carbonyl (C=O) groups is 4. The molecular formula is C20H20O6. The number of hydrogen-bond acceptors (Lipinski definition) is 6. The van der Waals surface area contributed by atoms with Crippen LogP contribution in [0.25, 0.3) is 5.57 Å². The molecule has 1 aromatic carbocycles. The minimum absolute atomic E-state index is 0.0843. The summed E-state index contributed by atoms with van der Waals surface area (Å²) in [4.78, 5) is 46.1. The average Bonchev–Trinajstić information content (AvgIpc) is 2.54. The number of ketones is 2. The summed E-state index contributed by atoms with van der Waals surface area (Å²) in [5.41, 5.74) is 1.84. The summed E-state index contributed by atoms with van der Waals surface area (Å²) >= 11 is 0. The monoisotopic (exact) mass is 356 g/mol. The van der Waals surface area contributed by atoms with Crippen LogP contribution in [0.1, 0.15) is 38.7 Å². The van der Waals surface area contributed by atoms with E-state index in [1.807, 2.05) is 30.3 Å². The van der Waals surface area contributed by atoms with Crippen LogP contribution in [0, 0.1) is 0 Å². The van der Waals surface area contributed by atoms with E-state index in [-0.39, 0.29) is 18.0 Å². The van der Waals surface area contributed by atoms with Gasteiger partial charge < -0.3 is 9.47 Å². The standard InChI is InChI=1S/C20H20O6/c1-14(21)12-18(23)25-20(26-19(24)13-15(2)22)10-8-17(9-11-20)16-6-4-3-5-7-16/h3-10H,11-13H2,1-2H3. The molecular weight excluding hydrogens is 336 g/mol. The fourth-order valence-electron chi connectivity index (χ4n) is 2.49. The van der Waals surface area contributed by atoms with Gasteiger partial charge in [0.05, 0.1) is 0 Å². The van der Waals surface area contributed by atoms with Gasteiger partial charge in [0, 0.05) is 12.5 Å². The fourth-order valence-corrected chi connectivity index (χ4v) is 2.49. The van der Waals surface area contributed by atoms with Crippen molar-refractivity contribution in [2.45, 2.75) is 38.9 Å². The van der Waals surface area contributed by atoms with E-state index in [0.717, 1.165) is 11.1 Å². The first-order valence-corrected chi connectivity index (χ1v) is 8.17. The lowest BCUT2D eigenvalue weighted by Gasteiger charge is -2.31. The van der Waals surface area contributed by atoms with Gasteiger partial charge in [-0.3, -0.25) is 19.2 Å². The summed E-state index contributed by atoms with van der Waals surface area (Å²) in [6.07, 6.45) is 4.16. The van der Waals surface area contributed by atoms with Crippen molar-refractivity contribution >= 4 is 29.1 Å². The smallest absolute Gasteiger partial charge is 0.316 e. The number of carbonyl (C=O) groups excluding carboxylic acids is 4. The lowest BCUT2D eigenvalue weighted by Crippen LogP contribution is -2.39. The molecule has 0 atom stereocenters. The third-order valence-corrected chi connectivity index (χ3v) is 3.59. The van der Waals surface area contributed by atoms with Crippen LogP contribution in [-0.4, -0.2) is 29.3 Å². The molecule has 1 aliphatic carbocycles. The van der Waals surface area contributed by atoms with E-state index in [1.165, 1.54) is 19.9 Å². The number of hydrogen-bond donors (Lipinski definition) is 0. The summed E-state index contributed by atoms with van der Waals surface area (Å²) in [6, 6.07) is 9.53. The first-order valence-electron chi connectivity index (χ1n) is 8.17. The molecule has 0 bridgehead atoms. The second kappa shape index (κ2) is 8.38. The molecule has 1 aromatic rings. The minimum atomic E-state index is -1.66.